The lowest BCUT2D eigenvalue weighted by atomic mass is 10.6. The van der Waals surface area contributed by atoms with Gasteiger partial charge in [0.25, 0.3) is 0 Å². The van der Waals surface area contributed by atoms with Gasteiger partial charge in [-0.3, -0.25) is 0 Å². The molecule has 0 aliphatic rings. The van der Waals surface area contributed by atoms with E-state index in [1.807, 2.05) is 0 Å². The van der Waals surface area contributed by atoms with Gasteiger partial charge in [-0.2, -0.15) is 0 Å². The molecule has 0 saturated carbocycles. The Morgan fingerprint density at radius 3 is 2.85 bits per heavy atom. The lowest BCUT2D eigenvalue weighted by Gasteiger charge is -1.98. The Hall–Kier alpha value is -0.590. The molecule has 0 aliphatic carbocycles. The average molecular weight is 225 g/mol. The van der Waals surface area contributed by atoms with Gasteiger partial charge < -0.3 is 4.42 Å². The molecule has 0 aliphatic heterocycles. The molecule has 74 valence electrons. The van der Waals surface area contributed by atoms with Crippen molar-refractivity contribution in [1.82, 2.24) is 9.71 Å². The van der Waals surface area contributed by atoms with Gasteiger partial charge in [-0.15, -0.1) is 11.6 Å². The number of sulfonamides is 1. The molecule has 0 saturated heterocycles. The maximum absolute atomic E-state index is 10.9. The number of aryl methyl sites for hydroxylation is 1. The zero-order chi connectivity index (χ0) is 9.90. The predicted octanol–water partition coefficient (Wildman–Crippen LogP) is 0.599. The van der Waals surface area contributed by atoms with Gasteiger partial charge in [0.05, 0.1) is 12.7 Å². The van der Waals surface area contributed by atoms with Gasteiger partial charge in [-0.25, -0.2) is 18.1 Å². The van der Waals surface area contributed by atoms with Crippen molar-refractivity contribution < 1.29 is 12.8 Å². The summed E-state index contributed by atoms with van der Waals surface area (Å²) in [6, 6.07) is 0. The molecule has 1 rings (SSSR count). The van der Waals surface area contributed by atoms with E-state index in [4.69, 9.17) is 16.0 Å². The average Bonchev–Trinajstić information content (AvgIpc) is 2.48. The number of alkyl halides is 1. The number of oxazole rings is 1. The van der Waals surface area contributed by atoms with E-state index in [1.165, 1.54) is 6.20 Å². The third-order valence-electron chi connectivity index (χ3n) is 1.26. The number of nitrogens with one attached hydrogen (secondary N) is 1. The van der Waals surface area contributed by atoms with E-state index in [2.05, 4.69) is 9.71 Å². The SMILES string of the molecule is Cc1cnc(CNS(=O)(=O)CCl)o1. The van der Waals surface area contributed by atoms with Crippen molar-refractivity contribution in [3.05, 3.63) is 17.8 Å². The fourth-order valence-electron chi connectivity index (χ4n) is 0.693. The van der Waals surface area contributed by atoms with Gasteiger partial charge in [0.2, 0.25) is 15.9 Å². The maximum Gasteiger partial charge on any atom is 0.226 e. The molecule has 0 fully saturated rings. The Balaban J connectivity index is 2.53. The molecule has 13 heavy (non-hydrogen) atoms. The van der Waals surface area contributed by atoms with E-state index < -0.39 is 15.2 Å². The van der Waals surface area contributed by atoms with Gasteiger partial charge in [-0.1, -0.05) is 0 Å². The van der Waals surface area contributed by atoms with Crippen molar-refractivity contribution in [2.45, 2.75) is 13.5 Å². The second-order valence-electron chi connectivity index (χ2n) is 2.41. The van der Waals surface area contributed by atoms with E-state index >= 15 is 0 Å². The summed E-state index contributed by atoms with van der Waals surface area (Å²) in [4.78, 5) is 3.82. The lowest BCUT2D eigenvalue weighted by Crippen LogP contribution is -2.23. The van der Waals surface area contributed by atoms with Gasteiger partial charge in [0.15, 0.2) is 0 Å². The van der Waals surface area contributed by atoms with Crippen LogP contribution in [0.15, 0.2) is 10.6 Å². The summed E-state index contributed by atoms with van der Waals surface area (Å²) in [5.74, 6) is 0.964. The molecule has 1 heterocycles. The van der Waals surface area contributed by atoms with Crippen molar-refractivity contribution in [3.8, 4) is 0 Å². The molecule has 1 aromatic rings. The zero-order valence-corrected chi connectivity index (χ0v) is 8.52. The molecular formula is C6H9ClN2O3S. The number of aromatic nitrogens is 1. The number of hydrogen-bond donors (Lipinski definition) is 1. The van der Waals surface area contributed by atoms with Crippen LogP contribution in [0.4, 0.5) is 0 Å². The predicted molar refractivity (Wildman–Crippen MR) is 47.7 cm³/mol. The highest BCUT2D eigenvalue weighted by atomic mass is 35.5. The Morgan fingerprint density at radius 2 is 2.38 bits per heavy atom. The monoisotopic (exact) mass is 224 g/mol. The van der Waals surface area contributed by atoms with Gasteiger partial charge in [0.1, 0.15) is 11.0 Å². The molecular weight excluding hydrogens is 216 g/mol. The summed E-state index contributed by atoms with van der Waals surface area (Å²) >= 11 is 5.16. The Labute approximate surface area is 81.2 Å². The normalized spacial score (nSPS) is 11.8. The summed E-state index contributed by atoms with van der Waals surface area (Å²) in [7, 11) is -3.39. The van der Waals surface area contributed by atoms with Crippen molar-refractivity contribution in [2.24, 2.45) is 0 Å². The third kappa shape index (κ3) is 3.33. The van der Waals surface area contributed by atoms with Crippen LogP contribution in [0, 0.1) is 6.92 Å². The summed E-state index contributed by atoms with van der Waals surface area (Å²) in [6.07, 6.45) is 1.52. The van der Waals surface area contributed by atoms with Crippen LogP contribution in [-0.2, 0) is 16.6 Å². The topological polar surface area (TPSA) is 72.2 Å². The van der Waals surface area contributed by atoms with Crippen molar-refractivity contribution in [3.63, 3.8) is 0 Å². The van der Waals surface area contributed by atoms with E-state index in [1.54, 1.807) is 6.92 Å². The van der Waals surface area contributed by atoms with Crippen molar-refractivity contribution >= 4 is 21.6 Å². The quantitative estimate of drug-likeness (QED) is 0.761. The minimum Gasteiger partial charge on any atom is -0.445 e. The first-order chi connectivity index (χ1) is 6.03. The first kappa shape index (κ1) is 10.5. The first-order valence-corrected chi connectivity index (χ1v) is 5.67. The lowest BCUT2D eigenvalue weighted by molar-refractivity contribution is 0.464. The fourth-order valence-corrected chi connectivity index (χ4v) is 1.35. The smallest absolute Gasteiger partial charge is 0.226 e. The Kier molecular flexibility index (Phi) is 3.29. The van der Waals surface area contributed by atoms with Crippen LogP contribution in [0.3, 0.4) is 0 Å². The van der Waals surface area contributed by atoms with Gasteiger partial charge in [-0.05, 0) is 6.92 Å². The number of nitrogens with zero attached hydrogens (tertiary/aromatic N) is 1. The van der Waals surface area contributed by atoms with Crippen LogP contribution in [0.5, 0.6) is 0 Å². The largest absolute Gasteiger partial charge is 0.445 e. The van der Waals surface area contributed by atoms with Crippen LogP contribution in [0.1, 0.15) is 11.7 Å². The van der Waals surface area contributed by atoms with E-state index in [0.29, 0.717) is 11.7 Å². The zero-order valence-electron chi connectivity index (χ0n) is 6.95. The summed E-state index contributed by atoms with van der Waals surface area (Å²) in [5.41, 5.74) is 0. The van der Waals surface area contributed by atoms with Crippen molar-refractivity contribution in [1.29, 1.82) is 0 Å². The molecule has 0 spiro atoms. The van der Waals surface area contributed by atoms with Crippen LogP contribution < -0.4 is 4.72 Å². The molecule has 0 bridgehead atoms. The molecule has 0 aromatic carbocycles. The molecule has 0 atom stereocenters. The standard InChI is InChI=1S/C6H9ClN2O3S/c1-5-2-8-6(12-5)3-9-13(10,11)4-7/h2,9H,3-4H2,1H3. The summed E-state index contributed by atoms with van der Waals surface area (Å²) in [6.45, 7) is 1.76. The molecule has 1 N–H and O–H groups in total. The molecule has 0 radical (unpaired) electrons. The highest BCUT2D eigenvalue weighted by Gasteiger charge is 2.09. The second kappa shape index (κ2) is 4.08. The summed E-state index contributed by atoms with van der Waals surface area (Å²) < 4.78 is 29.0. The van der Waals surface area contributed by atoms with Crippen LogP contribution >= 0.6 is 11.6 Å². The highest BCUT2D eigenvalue weighted by molar-refractivity contribution is 7.90. The maximum atomic E-state index is 10.9. The minimum absolute atomic E-state index is 0.0306. The van der Waals surface area contributed by atoms with Crippen LogP contribution in [0.25, 0.3) is 0 Å². The molecule has 0 amide bonds. The van der Waals surface area contributed by atoms with Crippen LogP contribution in [0.2, 0.25) is 0 Å². The molecule has 5 nitrogen and oxygen atoms in total. The molecule has 1 aromatic heterocycles. The first-order valence-electron chi connectivity index (χ1n) is 3.48. The number of hydrogen-bond acceptors (Lipinski definition) is 4. The number of halogens is 1. The fraction of sp³-hybridized carbons (Fsp3) is 0.500. The van der Waals surface area contributed by atoms with Crippen LogP contribution in [-0.4, -0.2) is 18.6 Å². The molecule has 7 heteroatoms. The minimum atomic E-state index is -3.39. The Morgan fingerprint density at radius 1 is 1.69 bits per heavy atom. The van der Waals surface area contributed by atoms with Gasteiger partial charge in [0, 0.05) is 0 Å². The third-order valence-corrected chi connectivity index (χ3v) is 2.99. The summed E-state index contributed by atoms with van der Waals surface area (Å²) in [5, 5.41) is -0.466. The van der Waals surface area contributed by atoms with E-state index in [9.17, 15) is 8.42 Å². The van der Waals surface area contributed by atoms with E-state index in [-0.39, 0.29) is 6.54 Å². The van der Waals surface area contributed by atoms with E-state index in [0.717, 1.165) is 0 Å². The second-order valence-corrected chi connectivity index (χ2v) is 4.80. The number of rotatable bonds is 4. The molecule has 0 unspecified atom stereocenters. The highest BCUT2D eigenvalue weighted by Crippen LogP contribution is 2.01. The van der Waals surface area contributed by atoms with Crippen molar-refractivity contribution in [2.75, 3.05) is 5.21 Å². The van der Waals surface area contributed by atoms with Gasteiger partial charge >= 0.3 is 0 Å². The Bertz CT molecular complexity index is 373.